The predicted octanol–water partition coefficient (Wildman–Crippen LogP) is -1.79. The Labute approximate surface area is 83.2 Å². The number of carbonyl (C=O) groups is 2. The quantitative estimate of drug-likeness (QED) is 0.444. The number of ether oxygens (including phenoxy) is 1. The van der Waals surface area contributed by atoms with Crippen molar-refractivity contribution in [3.05, 3.63) is 0 Å². The fourth-order valence-electron chi connectivity index (χ4n) is 0.683. The van der Waals surface area contributed by atoms with E-state index in [1.165, 1.54) is 0 Å². The second-order valence-electron chi connectivity index (χ2n) is 2.85. The van der Waals surface area contributed by atoms with Crippen LogP contribution in [0.25, 0.3) is 0 Å². The molecule has 0 fully saturated rings. The van der Waals surface area contributed by atoms with Gasteiger partial charge >= 0.3 is 0 Å². The lowest BCUT2D eigenvalue weighted by atomic mass is 10.3. The Kier molecular flexibility index (Phi) is 6.69. The second-order valence-corrected chi connectivity index (χ2v) is 2.85. The van der Waals surface area contributed by atoms with Crippen molar-refractivity contribution in [3.8, 4) is 0 Å². The summed E-state index contributed by atoms with van der Waals surface area (Å²) in [5.74, 6) is -0.594. The number of carbonyl (C=O) groups excluding carboxylic acids is 2. The van der Waals surface area contributed by atoms with Gasteiger partial charge in [0, 0.05) is 13.7 Å². The Hall–Kier alpha value is -1.14. The molecule has 82 valence electrons. The SMILES string of the molecule is COCCNC(=O)CNC(=O)[C@@H](C)N. The van der Waals surface area contributed by atoms with E-state index >= 15 is 0 Å². The van der Waals surface area contributed by atoms with Gasteiger partial charge in [0.2, 0.25) is 11.8 Å². The summed E-state index contributed by atoms with van der Waals surface area (Å²) in [4.78, 5) is 22.0. The lowest BCUT2D eigenvalue weighted by molar-refractivity contribution is -0.126. The number of nitrogens with one attached hydrogen (secondary N) is 2. The van der Waals surface area contributed by atoms with Gasteiger partial charge in [0.15, 0.2) is 0 Å². The van der Waals surface area contributed by atoms with E-state index in [0.29, 0.717) is 13.2 Å². The van der Waals surface area contributed by atoms with Crippen molar-refractivity contribution in [3.63, 3.8) is 0 Å². The van der Waals surface area contributed by atoms with Gasteiger partial charge in [-0.1, -0.05) is 0 Å². The zero-order valence-electron chi connectivity index (χ0n) is 8.50. The highest BCUT2D eigenvalue weighted by Crippen LogP contribution is 1.74. The number of amides is 2. The summed E-state index contributed by atoms with van der Waals surface area (Å²) in [6, 6.07) is -0.596. The van der Waals surface area contributed by atoms with Crippen LogP contribution >= 0.6 is 0 Å². The Balaban J connectivity index is 3.49. The minimum atomic E-state index is -0.596. The highest BCUT2D eigenvalue weighted by Gasteiger charge is 2.08. The fourth-order valence-corrected chi connectivity index (χ4v) is 0.683. The number of hydrogen-bond acceptors (Lipinski definition) is 4. The molecule has 0 heterocycles. The van der Waals surface area contributed by atoms with Crippen LogP contribution in [-0.4, -0.2) is 44.7 Å². The minimum Gasteiger partial charge on any atom is -0.383 e. The van der Waals surface area contributed by atoms with Crippen LogP contribution in [-0.2, 0) is 14.3 Å². The average Bonchev–Trinajstić information content (AvgIpc) is 2.14. The van der Waals surface area contributed by atoms with E-state index in [9.17, 15) is 9.59 Å². The molecule has 0 aliphatic rings. The van der Waals surface area contributed by atoms with E-state index in [2.05, 4.69) is 10.6 Å². The smallest absolute Gasteiger partial charge is 0.239 e. The van der Waals surface area contributed by atoms with Gasteiger partial charge in [-0.25, -0.2) is 0 Å². The predicted molar refractivity (Wildman–Crippen MR) is 51.5 cm³/mol. The van der Waals surface area contributed by atoms with Crippen molar-refractivity contribution in [2.75, 3.05) is 26.8 Å². The molecule has 0 aliphatic heterocycles. The third kappa shape index (κ3) is 6.38. The second kappa shape index (κ2) is 7.28. The summed E-state index contributed by atoms with van der Waals surface area (Å²) in [5, 5.41) is 4.95. The van der Waals surface area contributed by atoms with Crippen molar-refractivity contribution in [2.24, 2.45) is 5.73 Å². The Bertz CT molecular complexity index is 194. The topological polar surface area (TPSA) is 93.5 Å². The molecule has 4 N–H and O–H groups in total. The molecule has 0 aromatic heterocycles. The van der Waals surface area contributed by atoms with E-state index < -0.39 is 6.04 Å². The maximum Gasteiger partial charge on any atom is 0.239 e. The molecule has 0 aliphatic carbocycles. The van der Waals surface area contributed by atoms with E-state index in [1.54, 1.807) is 14.0 Å². The van der Waals surface area contributed by atoms with Gasteiger partial charge in [-0.2, -0.15) is 0 Å². The molecule has 0 saturated carbocycles. The summed E-state index contributed by atoms with van der Waals surface area (Å²) < 4.78 is 4.73. The van der Waals surface area contributed by atoms with Crippen molar-refractivity contribution >= 4 is 11.8 Å². The average molecular weight is 203 g/mol. The first-order chi connectivity index (χ1) is 6.57. The van der Waals surface area contributed by atoms with Crippen LogP contribution in [0.1, 0.15) is 6.92 Å². The molecule has 6 heteroatoms. The lowest BCUT2D eigenvalue weighted by Gasteiger charge is -2.07. The van der Waals surface area contributed by atoms with Crippen LogP contribution in [0.4, 0.5) is 0 Å². The number of nitrogens with two attached hydrogens (primary N) is 1. The molecule has 0 rings (SSSR count). The molecule has 0 aromatic rings. The number of hydrogen-bond donors (Lipinski definition) is 3. The monoisotopic (exact) mass is 203 g/mol. The molecule has 1 atom stereocenters. The highest BCUT2D eigenvalue weighted by molar-refractivity contribution is 5.86. The summed E-state index contributed by atoms with van der Waals surface area (Å²) in [7, 11) is 1.55. The summed E-state index contributed by atoms with van der Waals surface area (Å²) >= 11 is 0. The molecule has 2 amide bonds. The molecular formula is C8H17N3O3. The minimum absolute atomic E-state index is 0.0515. The summed E-state index contributed by atoms with van der Waals surface area (Å²) in [6.45, 7) is 2.39. The van der Waals surface area contributed by atoms with E-state index in [1.807, 2.05) is 0 Å². The molecular weight excluding hydrogens is 186 g/mol. The van der Waals surface area contributed by atoms with E-state index in [-0.39, 0.29) is 18.4 Å². The molecule has 0 saturated heterocycles. The van der Waals surface area contributed by atoms with Gasteiger partial charge in [-0.05, 0) is 6.92 Å². The van der Waals surface area contributed by atoms with Crippen LogP contribution in [0, 0.1) is 0 Å². The molecule has 0 unspecified atom stereocenters. The fraction of sp³-hybridized carbons (Fsp3) is 0.750. The van der Waals surface area contributed by atoms with Crippen LogP contribution in [0.5, 0.6) is 0 Å². The Morgan fingerprint density at radius 2 is 2.07 bits per heavy atom. The first-order valence-electron chi connectivity index (χ1n) is 4.37. The molecule has 6 nitrogen and oxygen atoms in total. The van der Waals surface area contributed by atoms with Crippen molar-refractivity contribution < 1.29 is 14.3 Å². The normalized spacial score (nSPS) is 11.9. The largest absolute Gasteiger partial charge is 0.383 e. The summed E-state index contributed by atoms with van der Waals surface area (Å²) in [6.07, 6.45) is 0. The molecule has 0 aromatic carbocycles. The van der Waals surface area contributed by atoms with E-state index in [0.717, 1.165) is 0 Å². The lowest BCUT2D eigenvalue weighted by Crippen LogP contribution is -2.44. The van der Waals surface area contributed by atoms with Gasteiger partial charge in [0.25, 0.3) is 0 Å². The van der Waals surface area contributed by atoms with Crippen LogP contribution in [0.2, 0.25) is 0 Å². The summed E-state index contributed by atoms with van der Waals surface area (Å²) in [5.41, 5.74) is 5.28. The van der Waals surface area contributed by atoms with Crippen LogP contribution < -0.4 is 16.4 Å². The van der Waals surface area contributed by atoms with Crippen molar-refractivity contribution in [1.29, 1.82) is 0 Å². The maximum atomic E-state index is 11.0. The molecule has 0 radical (unpaired) electrons. The Morgan fingerprint density at radius 3 is 2.57 bits per heavy atom. The van der Waals surface area contributed by atoms with Gasteiger partial charge in [-0.15, -0.1) is 0 Å². The first kappa shape index (κ1) is 12.9. The van der Waals surface area contributed by atoms with Gasteiger partial charge in [0.05, 0.1) is 19.2 Å². The Morgan fingerprint density at radius 1 is 1.43 bits per heavy atom. The van der Waals surface area contributed by atoms with Crippen molar-refractivity contribution in [2.45, 2.75) is 13.0 Å². The van der Waals surface area contributed by atoms with Crippen LogP contribution in [0.15, 0.2) is 0 Å². The van der Waals surface area contributed by atoms with Crippen molar-refractivity contribution in [1.82, 2.24) is 10.6 Å². The number of methoxy groups -OCH3 is 1. The maximum absolute atomic E-state index is 11.0. The van der Waals surface area contributed by atoms with Crippen LogP contribution in [0.3, 0.4) is 0 Å². The first-order valence-corrected chi connectivity index (χ1v) is 4.37. The van der Waals surface area contributed by atoms with Gasteiger partial charge in [0.1, 0.15) is 0 Å². The van der Waals surface area contributed by atoms with Gasteiger partial charge in [-0.3, -0.25) is 9.59 Å². The molecule has 0 spiro atoms. The highest BCUT2D eigenvalue weighted by atomic mass is 16.5. The molecule has 14 heavy (non-hydrogen) atoms. The zero-order chi connectivity index (χ0) is 11.0. The zero-order valence-corrected chi connectivity index (χ0v) is 8.50. The van der Waals surface area contributed by atoms with Gasteiger partial charge < -0.3 is 21.1 Å². The van der Waals surface area contributed by atoms with E-state index in [4.69, 9.17) is 10.5 Å². The standard InChI is InChI=1S/C8H17N3O3/c1-6(9)8(13)11-5-7(12)10-3-4-14-2/h6H,3-5,9H2,1-2H3,(H,10,12)(H,11,13)/t6-/m1/s1. The number of rotatable bonds is 6. The third-order valence-corrected chi connectivity index (χ3v) is 1.47. The third-order valence-electron chi connectivity index (χ3n) is 1.47. The molecule has 0 bridgehead atoms.